The summed E-state index contributed by atoms with van der Waals surface area (Å²) >= 11 is 0. The van der Waals surface area contributed by atoms with E-state index in [2.05, 4.69) is 26.8 Å². The van der Waals surface area contributed by atoms with Gasteiger partial charge in [0.05, 0.1) is 5.39 Å². The normalized spacial score (nSPS) is 13.0. The molecule has 51 heavy (non-hydrogen) atoms. The number of phenols is 1. The maximum Gasteiger partial charge on any atom is 0.336 e. The molecule has 2 rings (SSSR count). The molecular formula is C43H66O8. The van der Waals surface area contributed by atoms with Crippen molar-refractivity contribution in [3.8, 4) is 11.5 Å². The number of phenolic OH excluding ortho intramolecular Hbond substituents is 1. The highest BCUT2D eigenvalue weighted by Gasteiger charge is 2.32. The largest absolute Gasteiger partial charge is 0.507 e. The molecule has 0 saturated heterocycles. The highest BCUT2D eigenvalue weighted by Crippen LogP contribution is 2.45. The standard InChI is InChI=1S/C43H66O8/c1-8-11-12-13-14-15-16-17-18-19-20-21-22-26-36(44)49-42-33(28-27-31(6)25-23-24-30(4)5)41(47)38-34(35(10-3)51-48)29-37(45)50-43(38)39(42)40(46)32(7)9-2/h24,27,29,32,35,47-48H,8-23,25-26,28H2,1-7H3/t32-,35+/m1/s1. The van der Waals surface area contributed by atoms with Gasteiger partial charge < -0.3 is 14.3 Å². The molecule has 286 valence electrons. The van der Waals surface area contributed by atoms with Crippen molar-refractivity contribution < 1.29 is 34.0 Å². The Bertz CT molecular complexity index is 1490. The maximum absolute atomic E-state index is 14.1. The molecule has 0 fully saturated rings. The second-order valence-electron chi connectivity index (χ2n) is 14.5. The number of Topliss-reactive ketones (excluding diaryl/α,β-unsaturated/α-hetero) is 1. The second-order valence-corrected chi connectivity index (χ2v) is 14.5. The Balaban J connectivity index is 2.40. The third-order valence-electron chi connectivity index (χ3n) is 9.84. The fraction of sp³-hybridized carbons (Fsp3) is 0.651. The van der Waals surface area contributed by atoms with Gasteiger partial charge >= 0.3 is 11.6 Å². The summed E-state index contributed by atoms with van der Waals surface area (Å²) in [4.78, 5) is 45.1. The lowest BCUT2D eigenvalue weighted by molar-refractivity contribution is -0.282. The number of fused-ring (bicyclic) bond motifs is 1. The van der Waals surface area contributed by atoms with Gasteiger partial charge in [-0.25, -0.2) is 9.68 Å². The van der Waals surface area contributed by atoms with Gasteiger partial charge in [0.1, 0.15) is 17.4 Å². The summed E-state index contributed by atoms with van der Waals surface area (Å²) in [5, 5.41) is 21.7. The van der Waals surface area contributed by atoms with E-state index < -0.39 is 23.6 Å². The number of carbonyl (C=O) groups excluding carboxylic acids is 2. The SMILES string of the molecule is CCCCCCCCCCCCCCCC(=O)Oc1c(CC=C(C)CCC=C(C)C)c(O)c2c([C@H](CC)OO)cc(=O)oc2c1C(=O)[C@H](C)CC. The van der Waals surface area contributed by atoms with Crippen LogP contribution in [0.15, 0.2) is 38.6 Å². The second kappa shape index (κ2) is 24.1. The Hall–Kier alpha value is -3.23. The fourth-order valence-corrected chi connectivity index (χ4v) is 6.43. The molecule has 1 heterocycles. The first-order valence-corrected chi connectivity index (χ1v) is 19.7. The van der Waals surface area contributed by atoms with Crippen molar-refractivity contribution in [1.82, 2.24) is 0 Å². The molecule has 2 N–H and O–H groups in total. The van der Waals surface area contributed by atoms with Gasteiger partial charge in [-0.05, 0) is 59.3 Å². The summed E-state index contributed by atoms with van der Waals surface area (Å²) in [5.74, 6) is -1.72. The van der Waals surface area contributed by atoms with Crippen molar-refractivity contribution in [3.05, 3.63) is 56.5 Å². The molecule has 0 aliphatic heterocycles. The van der Waals surface area contributed by atoms with Gasteiger partial charge in [0.15, 0.2) is 17.1 Å². The predicted octanol–water partition coefficient (Wildman–Crippen LogP) is 12.3. The number of hydrogen-bond acceptors (Lipinski definition) is 8. The molecule has 0 saturated carbocycles. The summed E-state index contributed by atoms with van der Waals surface area (Å²) in [6.45, 7) is 13.7. The monoisotopic (exact) mass is 710 g/mol. The van der Waals surface area contributed by atoms with Crippen molar-refractivity contribution in [2.24, 2.45) is 5.92 Å². The summed E-state index contributed by atoms with van der Waals surface area (Å²) in [7, 11) is 0. The number of hydrogen-bond donors (Lipinski definition) is 2. The highest BCUT2D eigenvalue weighted by molar-refractivity contribution is 6.12. The summed E-state index contributed by atoms with van der Waals surface area (Å²) < 4.78 is 11.7. The molecule has 8 nitrogen and oxygen atoms in total. The summed E-state index contributed by atoms with van der Waals surface area (Å²) in [6.07, 6.45) is 21.3. The molecule has 2 aromatic rings. The van der Waals surface area contributed by atoms with Gasteiger partial charge in [-0.3, -0.25) is 14.8 Å². The molecule has 0 spiro atoms. The van der Waals surface area contributed by atoms with E-state index in [-0.39, 0.29) is 64.2 Å². The lowest BCUT2D eigenvalue weighted by atomic mass is 9.89. The predicted molar refractivity (Wildman–Crippen MR) is 207 cm³/mol. The Labute approximate surface area is 306 Å². The number of aromatic hydroxyl groups is 1. The van der Waals surface area contributed by atoms with Crippen LogP contribution in [-0.4, -0.2) is 22.1 Å². The maximum atomic E-state index is 14.1. The van der Waals surface area contributed by atoms with Gasteiger partial charge in [0.2, 0.25) is 0 Å². The van der Waals surface area contributed by atoms with Crippen LogP contribution in [0.1, 0.15) is 192 Å². The molecule has 0 radical (unpaired) electrons. The molecule has 2 atom stereocenters. The van der Waals surface area contributed by atoms with Crippen LogP contribution >= 0.6 is 0 Å². The average Bonchev–Trinajstić information content (AvgIpc) is 3.09. The highest BCUT2D eigenvalue weighted by atomic mass is 17.1. The van der Waals surface area contributed by atoms with Crippen molar-refractivity contribution in [1.29, 1.82) is 0 Å². The number of unbranched alkanes of at least 4 members (excludes halogenated alkanes) is 12. The van der Waals surface area contributed by atoms with Gasteiger partial charge in [0.25, 0.3) is 0 Å². The van der Waals surface area contributed by atoms with E-state index in [0.717, 1.165) is 43.7 Å². The Kier molecular flexibility index (Phi) is 20.8. The van der Waals surface area contributed by atoms with E-state index in [9.17, 15) is 24.7 Å². The molecule has 0 bridgehead atoms. The Morgan fingerprint density at radius 3 is 1.96 bits per heavy atom. The van der Waals surface area contributed by atoms with Crippen LogP contribution in [0.4, 0.5) is 0 Å². The average molecular weight is 711 g/mol. The fourth-order valence-electron chi connectivity index (χ4n) is 6.43. The first-order valence-electron chi connectivity index (χ1n) is 19.7. The molecule has 0 amide bonds. The van der Waals surface area contributed by atoms with Crippen molar-refractivity contribution in [2.45, 2.75) is 177 Å². The molecule has 0 unspecified atom stereocenters. The lowest BCUT2D eigenvalue weighted by Gasteiger charge is -2.22. The van der Waals surface area contributed by atoms with Crippen LogP contribution in [0.5, 0.6) is 11.5 Å². The zero-order valence-corrected chi connectivity index (χ0v) is 32.7. The number of ether oxygens (including phenoxy) is 1. The number of carbonyl (C=O) groups is 2. The van der Waals surface area contributed by atoms with Crippen LogP contribution in [0.3, 0.4) is 0 Å². The third kappa shape index (κ3) is 14.4. The summed E-state index contributed by atoms with van der Waals surface area (Å²) in [6, 6.07) is 1.16. The molecular weight excluding hydrogens is 644 g/mol. The van der Waals surface area contributed by atoms with Crippen LogP contribution in [0, 0.1) is 5.92 Å². The Morgan fingerprint density at radius 2 is 1.43 bits per heavy atom. The zero-order chi connectivity index (χ0) is 37.8. The number of ketones is 1. The van der Waals surface area contributed by atoms with Crippen LogP contribution < -0.4 is 10.4 Å². The third-order valence-corrected chi connectivity index (χ3v) is 9.84. The van der Waals surface area contributed by atoms with Gasteiger partial charge in [-0.15, -0.1) is 0 Å². The van der Waals surface area contributed by atoms with Gasteiger partial charge in [-0.2, -0.15) is 0 Å². The molecule has 0 aliphatic carbocycles. The number of rotatable bonds is 26. The van der Waals surface area contributed by atoms with E-state index in [0.29, 0.717) is 12.8 Å². The quantitative estimate of drug-likeness (QED) is 0.0144. The number of benzene rings is 1. The van der Waals surface area contributed by atoms with Crippen molar-refractivity contribution in [3.63, 3.8) is 0 Å². The number of allylic oxidation sites excluding steroid dienone is 4. The minimum absolute atomic E-state index is 0.0480. The molecule has 1 aromatic heterocycles. The lowest BCUT2D eigenvalue weighted by Crippen LogP contribution is -2.19. The van der Waals surface area contributed by atoms with E-state index >= 15 is 0 Å². The zero-order valence-electron chi connectivity index (χ0n) is 32.7. The molecule has 1 aromatic carbocycles. The van der Waals surface area contributed by atoms with Crippen molar-refractivity contribution in [2.75, 3.05) is 0 Å². The van der Waals surface area contributed by atoms with Gasteiger partial charge in [0, 0.05) is 29.5 Å². The van der Waals surface area contributed by atoms with E-state index in [1.807, 2.05) is 19.9 Å². The van der Waals surface area contributed by atoms with Crippen LogP contribution in [-0.2, 0) is 16.1 Å². The minimum Gasteiger partial charge on any atom is -0.507 e. The Morgan fingerprint density at radius 1 is 0.843 bits per heavy atom. The van der Waals surface area contributed by atoms with Crippen molar-refractivity contribution >= 4 is 22.7 Å². The molecule has 8 heteroatoms. The van der Waals surface area contributed by atoms with E-state index in [1.165, 1.54) is 63.4 Å². The minimum atomic E-state index is -0.966. The first-order chi connectivity index (χ1) is 24.5. The number of esters is 1. The molecule has 0 aliphatic rings. The van der Waals surface area contributed by atoms with Crippen LogP contribution in [0.2, 0.25) is 0 Å². The van der Waals surface area contributed by atoms with Crippen LogP contribution in [0.25, 0.3) is 11.0 Å². The van der Waals surface area contributed by atoms with Gasteiger partial charge in [-0.1, -0.05) is 128 Å². The van der Waals surface area contributed by atoms with E-state index in [1.54, 1.807) is 13.8 Å². The summed E-state index contributed by atoms with van der Waals surface area (Å²) in [5.41, 5.74) is 1.73. The smallest absolute Gasteiger partial charge is 0.336 e. The first kappa shape index (κ1) is 43.9. The topological polar surface area (TPSA) is 123 Å². The van der Waals surface area contributed by atoms with E-state index in [4.69, 9.17) is 14.0 Å².